The molecule has 0 saturated carbocycles. The van der Waals surface area contributed by atoms with Gasteiger partial charge >= 0.3 is 6.03 Å². The number of aromatic nitrogens is 1. The molecular weight excluding hydrogens is 340 g/mol. The number of hydrogen-bond donors (Lipinski definition) is 2. The zero-order valence-electron chi connectivity index (χ0n) is 15.9. The number of nitrogens with zero attached hydrogens (tertiary/aromatic N) is 2. The van der Waals surface area contributed by atoms with E-state index in [0.717, 1.165) is 36.2 Å². The highest BCUT2D eigenvalue weighted by atomic mass is 16.2. The van der Waals surface area contributed by atoms with Crippen molar-refractivity contribution in [2.75, 3.05) is 18.4 Å². The zero-order chi connectivity index (χ0) is 19.2. The Morgan fingerprint density at radius 3 is 2.78 bits per heavy atom. The molecule has 0 bridgehead atoms. The second-order valence-corrected chi connectivity index (χ2v) is 6.78. The number of carbonyl (C=O) groups excluding carboxylic acids is 2. The van der Waals surface area contributed by atoms with E-state index in [1.54, 1.807) is 24.4 Å². The second kappa shape index (κ2) is 8.66. The van der Waals surface area contributed by atoms with Crippen LogP contribution in [0.4, 0.5) is 10.5 Å². The number of pyridine rings is 1. The number of urea groups is 1. The standard InChI is InChI=1S/C21H26N4O2/c1-3-22-20(26)16-10-11-17(15(2)14-16)24-21(27)25-13-7-5-9-19(25)18-8-4-6-12-23-18/h4,6,8,10-12,14,19H,3,5,7,9,13H2,1-2H3,(H,22,26)(H,24,27)/t19-/m0/s1. The molecule has 2 heterocycles. The van der Waals surface area contributed by atoms with Crippen LogP contribution in [0.5, 0.6) is 0 Å². The van der Waals surface area contributed by atoms with Crippen LogP contribution in [0.25, 0.3) is 0 Å². The fourth-order valence-corrected chi connectivity index (χ4v) is 3.45. The molecule has 142 valence electrons. The summed E-state index contributed by atoms with van der Waals surface area (Å²) in [5, 5.41) is 5.79. The predicted octanol–water partition coefficient (Wildman–Crippen LogP) is 3.90. The van der Waals surface area contributed by atoms with Crippen LogP contribution >= 0.6 is 0 Å². The summed E-state index contributed by atoms with van der Waals surface area (Å²) in [6, 6.07) is 11.0. The van der Waals surface area contributed by atoms with Crippen molar-refractivity contribution in [1.82, 2.24) is 15.2 Å². The maximum absolute atomic E-state index is 12.9. The summed E-state index contributed by atoms with van der Waals surface area (Å²) in [5.74, 6) is -0.107. The summed E-state index contributed by atoms with van der Waals surface area (Å²) in [6.45, 7) is 5.07. The zero-order valence-corrected chi connectivity index (χ0v) is 15.9. The molecule has 0 aliphatic carbocycles. The van der Waals surface area contributed by atoms with Crippen LogP contribution in [0.2, 0.25) is 0 Å². The van der Waals surface area contributed by atoms with Gasteiger partial charge in [-0.1, -0.05) is 6.07 Å². The third-order valence-corrected chi connectivity index (χ3v) is 4.86. The molecule has 3 amide bonds. The molecule has 1 aromatic heterocycles. The third kappa shape index (κ3) is 4.45. The van der Waals surface area contributed by atoms with Gasteiger partial charge in [0, 0.05) is 30.5 Å². The minimum atomic E-state index is -0.126. The summed E-state index contributed by atoms with van der Waals surface area (Å²) < 4.78 is 0. The lowest BCUT2D eigenvalue weighted by Gasteiger charge is -2.35. The first kappa shape index (κ1) is 18.9. The minimum absolute atomic E-state index is 0.00476. The molecule has 0 radical (unpaired) electrons. The van der Waals surface area contributed by atoms with Crippen LogP contribution in [0.15, 0.2) is 42.6 Å². The van der Waals surface area contributed by atoms with Crippen molar-refractivity contribution in [3.63, 3.8) is 0 Å². The van der Waals surface area contributed by atoms with Gasteiger partial charge in [-0.25, -0.2) is 4.79 Å². The molecule has 2 N–H and O–H groups in total. The number of rotatable bonds is 4. The molecule has 1 atom stereocenters. The Labute approximate surface area is 160 Å². The molecule has 0 spiro atoms. The number of likely N-dealkylation sites (tertiary alicyclic amines) is 1. The van der Waals surface area contributed by atoms with Crippen molar-refractivity contribution in [2.45, 2.75) is 39.2 Å². The third-order valence-electron chi connectivity index (χ3n) is 4.86. The van der Waals surface area contributed by atoms with Gasteiger partial charge in [0.25, 0.3) is 5.91 Å². The van der Waals surface area contributed by atoms with E-state index in [9.17, 15) is 9.59 Å². The largest absolute Gasteiger partial charge is 0.352 e. The maximum Gasteiger partial charge on any atom is 0.322 e. The first-order valence-corrected chi connectivity index (χ1v) is 9.47. The molecule has 1 aliphatic heterocycles. The molecule has 1 saturated heterocycles. The molecule has 3 rings (SSSR count). The van der Waals surface area contributed by atoms with Crippen LogP contribution in [0.3, 0.4) is 0 Å². The normalized spacial score (nSPS) is 16.7. The molecule has 1 fully saturated rings. The number of hydrogen-bond acceptors (Lipinski definition) is 3. The predicted molar refractivity (Wildman–Crippen MR) is 106 cm³/mol. The van der Waals surface area contributed by atoms with Gasteiger partial charge in [0.05, 0.1) is 11.7 Å². The highest BCUT2D eigenvalue weighted by molar-refractivity contribution is 5.96. The van der Waals surface area contributed by atoms with Crippen molar-refractivity contribution in [3.8, 4) is 0 Å². The van der Waals surface area contributed by atoms with Gasteiger partial charge in [0.1, 0.15) is 0 Å². The van der Waals surface area contributed by atoms with E-state index < -0.39 is 0 Å². The molecule has 27 heavy (non-hydrogen) atoms. The summed E-state index contributed by atoms with van der Waals surface area (Å²) >= 11 is 0. The summed E-state index contributed by atoms with van der Waals surface area (Å²) in [6.07, 6.45) is 4.76. The highest BCUT2D eigenvalue weighted by Crippen LogP contribution is 2.30. The van der Waals surface area contributed by atoms with Gasteiger partial charge in [-0.05, 0) is 69.0 Å². The number of piperidine rings is 1. The lowest BCUT2D eigenvalue weighted by molar-refractivity contribution is 0.0955. The van der Waals surface area contributed by atoms with Gasteiger partial charge in [-0.3, -0.25) is 9.78 Å². The van der Waals surface area contributed by atoms with Crippen LogP contribution in [0, 0.1) is 6.92 Å². The summed E-state index contributed by atoms with van der Waals surface area (Å²) in [4.78, 5) is 31.2. The number of nitrogens with one attached hydrogen (secondary N) is 2. The van der Waals surface area contributed by atoms with Gasteiger partial charge < -0.3 is 15.5 Å². The number of aryl methyl sites for hydroxylation is 1. The van der Waals surface area contributed by atoms with Gasteiger partial charge in [-0.2, -0.15) is 0 Å². The molecule has 6 heteroatoms. The SMILES string of the molecule is CCNC(=O)c1ccc(NC(=O)N2CCCC[C@H]2c2ccccn2)c(C)c1. The second-order valence-electron chi connectivity index (χ2n) is 6.78. The van der Waals surface area contributed by atoms with E-state index in [1.807, 2.05) is 36.9 Å². The number of amides is 3. The van der Waals surface area contributed by atoms with Crippen LogP contribution in [0.1, 0.15) is 53.8 Å². The first-order valence-electron chi connectivity index (χ1n) is 9.47. The Bertz CT molecular complexity index is 807. The lowest BCUT2D eigenvalue weighted by Crippen LogP contribution is -2.41. The molecule has 0 unspecified atom stereocenters. The molecular formula is C21H26N4O2. The molecule has 1 aliphatic rings. The quantitative estimate of drug-likeness (QED) is 0.862. The van der Waals surface area contributed by atoms with E-state index in [-0.39, 0.29) is 18.0 Å². The Morgan fingerprint density at radius 2 is 2.07 bits per heavy atom. The van der Waals surface area contributed by atoms with Crippen molar-refractivity contribution in [1.29, 1.82) is 0 Å². The van der Waals surface area contributed by atoms with Crippen molar-refractivity contribution in [2.24, 2.45) is 0 Å². The Kier molecular flexibility index (Phi) is 6.06. The molecule has 2 aromatic rings. The van der Waals surface area contributed by atoms with Crippen molar-refractivity contribution >= 4 is 17.6 Å². The number of anilines is 1. The fraction of sp³-hybridized carbons (Fsp3) is 0.381. The minimum Gasteiger partial charge on any atom is -0.352 e. The Hall–Kier alpha value is -2.89. The highest BCUT2D eigenvalue weighted by Gasteiger charge is 2.29. The van der Waals surface area contributed by atoms with Crippen molar-refractivity contribution in [3.05, 3.63) is 59.4 Å². The van der Waals surface area contributed by atoms with Crippen LogP contribution < -0.4 is 10.6 Å². The van der Waals surface area contributed by atoms with E-state index in [0.29, 0.717) is 18.7 Å². The summed E-state index contributed by atoms with van der Waals surface area (Å²) in [5.41, 5.74) is 3.10. The van der Waals surface area contributed by atoms with Crippen molar-refractivity contribution < 1.29 is 9.59 Å². The average molecular weight is 366 g/mol. The number of benzene rings is 1. The van der Waals surface area contributed by atoms with Gasteiger partial charge in [-0.15, -0.1) is 0 Å². The first-order chi connectivity index (χ1) is 13.1. The number of carbonyl (C=O) groups is 2. The van der Waals surface area contributed by atoms with Gasteiger partial charge in [0.2, 0.25) is 0 Å². The van der Waals surface area contributed by atoms with E-state index >= 15 is 0 Å². The maximum atomic E-state index is 12.9. The molecule has 6 nitrogen and oxygen atoms in total. The topological polar surface area (TPSA) is 74.3 Å². The van der Waals surface area contributed by atoms with Crippen LogP contribution in [-0.2, 0) is 0 Å². The van der Waals surface area contributed by atoms with E-state index in [2.05, 4.69) is 15.6 Å². The average Bonchev–Trinajstić information content (AvgIpc) is 2.70. The molecule has 1 aromatic carbocycles. The van der Waals surface area contributed by atoms with Gasteiger partial charge in [0.15, 0.2) is 0 Å². The lowest BCUT2D eigenvalue weighted by atomic mass is 9.99. The smallest absolute Gasteiger partial charge is 0.322 e. The van der Waals surface area contributed by atoms with Crippen LogP contribution in [-0.4, -0.2) is 34.9 Å². The van der Waals surface area contributed by atoms with E-state index in [1.165, 1.54) is 0 Å². The fourth-order valence-electron chi connectivity index (χ4n) is 3.45. The Balaban J connectivity index is 1.74. The Morgan fingerprint density at radius 1 is 1.22 bits per heavy atom. The monoisotopic (exact) mass is 366 g/mol. The summed E-state index contributed by atoms with van der Waals surface area (Å²) in [7, 11) is 0. The van der Waals surface area contributed by atoms with E-state index in [4.69, 9.17) is 0 Å².